The molecule has 3 rings (SSSR count). The van der Waals surface area contributed by atoms with Gasteiger partial charge in [0.15, 0.2) is 0 Å². The number of hydrogen-bond donors (Lipinski definition) is 0. The molecule has 0 bridgehead atoms. The predicted molar refractivity (Wildman–Crippen MR) is 116 cm³/mol. The van der Waals surface area contributed by atoms with Crippen LogP contribution in [0.15, 0.2) is 36.4 Å². The third-order valence-electron chi connectivity index (χ3n) is 6.32. The van der Waals surface area contributed by atoms with E-state index in [2.05, 4.69) is 40.2 Å². The van der Waals surface area contributed by atoms with E-state index >= 15 is 0 Å². The summed E-state index contributed by atoms with van der Waals surface area (Å²) >= 11 is 0. The first kappa shape index (κ1) is 21.4. The van der Waals surface area contributed by atoms with Crippen LogP contribution >= 0.6 is 0 Å². The fourth-order valence-corrected chi connectivity index (χ4v) is 4.63. The van der Waals surface area contributed by atoms with Crippen LogP contribution in [0.5, 0.6) is 5.75 Å². The molecule has 156 valence electrons. The first-order chi connectivity index (χ1) is 13.8. The molecule has 4 heteroatoms. The SMILES string of the molecule is COCCN(CC1CCN(Cc2ccccc2OC)CC1)C[C@H]1CC=CCC1. The number of methoxy groups -OCH3 is 2. The maximum atomic E-state index is 5.52. The van der Waals surface area contributed by atoms with E-state index in [1.165, 1.54) is 63.8 Å². The smallest absolute Gasteiger partial charge is 0.123 e. The van der Waals surface area contributed by atoms with Crippen LogP contribution in [0.25, 0.3) is 0 Å². The van der Waals surface area contributed by atoms with Gasteiger partial charge in [0.25, 0.3) is 0 Å². The van der Waals surface area contributed by atoms with E-state index in [1.54, 1.807) is 7.11 Å². The van der Waals surface area contributed by atoms with Crippen molar-refractivity contribution < 1.29 is 9.47 Å². The van der Waals surface area contributed by atoms with Crippen LogP contribution in [-0.2, 0) is 11.3 Å². The highest BCUT2D eigenvalue weighted by Crippen LogP contribution is 2.25. The second-order valence-electron chi connectivity index (χ2n) is 8.43. The fraction of sp³-hybridized carbons (Fsp3) is 0.667. The van der Waals surface area contributed by atoms with E-state index in [-0.39, 0.29) is 0 Å². The molecule has 0 unspecified atom stereocenters. The number of nitrogens with zero attached hydrogens (tertiary/aromatic N) is 2. The van der Waals surface area contributed by atoms with Gasteiger partial charge in [-0.2, -0.15) is 0 Å². The number of ether oxygens (including phenoxy) is 2. The summed E-state index contributed by atoms with van der Waals surface area (Å²) in [4.78, 5) is 5.26. The van der Waals surface area contributed by atoms with E-state index in [9.17, 15) is 0 Å². The summed E-state index contributed by atoms with van der Waals surface area (Å²) in [5, 5.41) is 0. The topological polar surface area (TPSA) is 24.9 Å². The summed E-state index contributed by atoms with van der Waals surface area (Å²) in [6, 6.07) is 8.41. The Kier molecular flexibility index (Phi) is 8.84. The monoisotopic (exact) mass is 386 g/mol. The Morgan fingerprint density at radius 1 is 1.00 bits per heavy atom. The van der Waals surface area contributed by atoms with Crippen LogP contribution in [0.2, 0.25) is 0 Å². The number of benzene rings is 1. The van der Waals surface area contributed by atoms with Gasteiger partial charge in [0.05, 0.1) is 13.7 Å². The Morgan fingerprint density at radius 2 is 1.79 bits per heavy atom. The zero-order chi connectivity index (χ0) is 19.6. The molecule has 1 aliphatic carbocycles. The van der Waals surface area contributed by atoms with Gasteiger partial charge in [-0.05, 0) is 63.1 Å². The first-order valence-corrected chi connectivity index (χ1v) is 11.0. The minimum absolute atomic E-state index is 0.810. The molecule has 1 aromatic carbocycles. The van der Waals surface area contributed by atoms with Gasteiger partial charge >= 0.3 is 0 Å². The summed E-state index contributed by atoms with van der Waals surface area (Å²) in [5.41, 5.74) is 1.30. The lowest BCUT2D eigenvalue weighted by Gasteiger charge is -2.36. The Hall–Kier alpha value is -1.36. The second-order valence-corrected chi connectivity index (χ2v) is 8.43. The molecule has 1 saturated heterocycles. The maximum Gasteiger partial charge on any atom is 0.123 e. The summed E-state index contributed by atoms with van der Waals surface area (Å²) in [5.74, 6) is 2.65. The van der Waals surface area contributed by atoms with Gasteiger partial charge in [-0.3, -0.25) is 4.90 Å². The van der Waals surface area contributed by atoms with Crippen molar-refractivity contribution in [2.45, 2.75) is 38.6 Å². The van der Waals surface area contributed by atoms with Gasteiger partial charge < -0.3 is 14.4 Å². The molecule has 0 radical (unpaired) electrons. The summed E-state index contributed by atoms with van der Waals surface area (Å²) in [6.45, 7) is 7.74. The summed E-state index contributed by atoms with van der Waals surface area (Å²) < 4.78 is 10.9. The molecular formula is C24H38N2O2. The summed E-state index contributed by atoms with van der Waals surface area (Å²) in [7, 11) is 3.58. The average Bonchev–Trinajstić information content (AvgIpc) is 2.74. The van der Waals surface area contributed by atoms with E-state index in [1.807, 2.05) is 13.2 Å². The number of piperidine rings is 1. The molecule has 0 N–H and O–H groups in total. The molecule has 1 aliphatic heterocycles. The van der Waals surface area contributed by atoms with Crippen LogP contribution in [0.3, 0.4) is 0 Å². The highest BCUT2D eigenvalue weighted by molar-refractivity contribution is 5.33. The van der Waals surface area contributed by atoms with Crippen molar-refractivity contribution in [2.24, 2.45) is 11.8 Å². The van der Waals surface area contributed by atoms with Gasteiger partial charge in [0, 0.05) is 38.9 Å². The van der Waals surface area contributed by atoms with Crippen molar-refractivity contribution >= 4 is 0 Å². The largest absolute Gasteiger partial charge is 0.496 e. The molecule has 4 nitrogen and oxygen atoms in total. The highest BCUT2D eigenvalue weighted by Gasteiger charge is 2.23. The van der Waals surface area contributed by atoms with Crippen LogP contribution in [-0.4, -0.2) is 63.4 Å². The van der Waals surface area contributed by atoms with Crippen LogP contribution in [0.4, 0.5) is 0 Å². The number of allylic oxidation sites excluding steroid dienone is 2. The third kappa shape index (κ3) is 6.61. The van der Waals surface area contributed by atoms with Gasteiger partial charge in [-0.15, -0.1) is 0 Å². The Balaban J connectivity index is 1.46. The Labute approximate surface area is 171 Å². The van der Waals surface area contributed by atoms with Crippen molar-refractivity contribution in [3.8, 4) is 5.75 Å². The van der Waals surface area contributed by atoms with Crippen molar-refractivity contribution in [1.82, 2.24) is 9.80 Å². The normalized spacial score (nSPS) is 21.3. The van der Waals surface area contributed by atoms with E-state index in [0.717, 1.165) is 37.3 Å². The molecule has 1 atom stereocenters. The number of rotatable bonds is 10. The number of para-hydroxylation sites is 1. The van der Waals surface area contributed by atoms with Crippen molar-refractivity contribution in [2.75, 3.05) is 53.6 Å². The van der Waals surface area contributed by atoms with Crippen molar-refractivity contribution in [3.05, 3.63) is 42.0 Å². The van der Waals surface area contributed by atoms with Crippen LogP contribution < -0.4 is 4.74 Å². The van der Waals surface area contributed by atoms with E-state index < -0.39 is 0 Å². The molecule has 1 heterocycles. The zero-order valence-electron chi connectivity index (χ0n) is 17.8. The van der Waals surface area contributed by atoms with Crippen LogP contribution in [0, 0.1) is 11.8 Å². The molecule has 1 fully saturated rings. The van der Waals surface area contributed by atoms with Crippen LogP contribution in [0.1, 0.15) is 37.7 Å². The average molecular weight is 387 g/mol. The lowest BCUT2D eigenvalue weighted by atomic mass is 9.92. The van der Waals surface area contributed by atoms with Gasteiger partial charge in [0.2, 0.25) is 0 Å². The minimum atomic E-state index is 0.810. The second kappa shape index (κ2) is 11.6. The molecule has 0 spiro atoms. The molecule has 2 aliphatic rings. The fourth-order valence-electron chi connectivity index (χ4n) is 4.63. The predicted octanol–water partition coefficient (Wildman–Crippen LogP) is 4.21. The quantitative estimate of drug-likeness (QED) is 0.562. The number of hydrogen-bond acceptors (Lipinski definition) is 4. The molecule has 0 amide bonds. The third-order valence-corrected chi connectivity index (χ3v) is 6.32. The molecule has 0 saturated carbocycles. The molecular weight excluding hydrogens is 348 g/mol. The van der Waals surface area contributed by atoms with E-state index in [0.29, 0.717) is 0 Å². The van der Waals surface area contributed by atoms with Gasteiger partial charge in [-0.25, -0.2) is 0 Å². The Bertz CT molecular complexity index is 596. The van der Waals surface area contributed by atoms with Crippen molar-refractivity contribution in [1.29, 1.82) is 0 Å². The lowest BCUT2D eigenvalue weighted by molar-refractivity contribution is 0.0988. The van der Waals surface area contributed by atoms with Gasteiger partial charge in [0.1, 0.15) is 5.75 Å². The highest BCUT2D eigenvalue weighted by atomic mass is 16.5. The van der Waals surface area contributed by atoms with Crippen molar-refractivity contribution in [3.63, 3.8) is 0 Å². The molecule has 28 heavy (non-hydrogen) atoms. The van der Waals surface area contributed by atoms with Gasteiger partial charge in [-0.1, -0.05) is 30.4 Å². The zero-order valence-corrected chi connectivity index (χ0v) is 17.8. The maximum absolute atomic E-state index is 5.52. The van der Waals surface area contributed by atoms with E-state index in [4.69, 9.17) is 9.47 Å². The first-order valence-electron chi connectivity index (χ1n) is 11.0. The molecule has 0 aromatic heterocycles. The molecule has 1 aromatic rings. The summed E-state index contributed by atoms with van der Waals surface area (Å²) in [6.07, 6.45) is 11.2. The number of likely N-dealkylation sites (tertiary alicyclic amines) is 1. The lowest BCUT2D eigenvalue weighted by Crippen LogP contribution is -2.41. The standard InChI is InChI=1S/C24H38N2O2/c1-27-17-16-26(18-21-8-4-3-5-9-21)19-22-12-14-25(15-13-22)20-23-10-6-7-11-24(23)28-2/h3-4,6-7,10-11,21-22H,5,8-9,12-20H2,1-2H3/t21-/m0/s1. The Morgan fingerprint density at radius 3 is 2.50 bits per heavy atom. The minimum Gasteiger partial charge on any atom is -0.496 e.